The third-order valence-electron chi connectivity index (χ3n) is 5.08. The van der Waals surface area contributed by atoms with Crippen molar-refractivity contribution in [1.29, 1.82) is 0 Å². The topological polar surface area (TPSA) is 104 Å². The third kappa shape index (κ3) is 5.47. The largest absolute Gasteiger partial charge is 0.387 e. The van der Waals surface area contributed by atoms with Crippen molar-refractivity contribution in [2.45, 2.75) is 17.4 Å². The third-order valence-corrected chi connectivity index (χ3v) is 6.43. The van der Waals surface area contributed by atoms with Gasteiger partial charge in [0.15, 0.2) is 0 Å². The van der Waals surface area contributed by atoms with E-state index in [-0.39, 0.29) is 4.90 Å². The molecule has 0 fully saturated rings. The number of rotatable bonds is 9. The summed E-state index contributed by atoms with van der Waals surface area (Å²) in [5.74, 6) is 0. The number of anilines is 1. The molecule has 0 bridgehead atoms. The Hall–Kier alpha value is -3.33. The molecule has 4 aromatic rings. The Balaban J connectivity index is 1.31. The van der Waals surface area contributed by atoms with E-state index in [9.17, 15) is 13.5 Å². The molecule has 164 valence electrons. The second-order valence-corrected chi connectivity index (χ2v) is 9.10. The summed E-state index contributed by atoms with van der Waals surface area (Å²) in [5, 5.41) is 14.1. The molecule has 0 radical (unpaired) electrons. The molecule has 7 nitrogen and oxygen atoms in total. The average molecular weight is 449 g/mol. The van der Waals surface area contributed by atoms with E-state index in [1.165, 1.54) is 6.20 Å². The molecule has 3 N–H and O–H groups in total. The maximum atomic E-state index is 12.7. The number of aromatic nitrogens is 2. The van der Waals surface area contributed by atoms with E-state index in [1.807, 2.05) is 42.5 Å². The molecule has 32 heavy (non-hydrogen) atoms. The molecule has 2 aromatic heterocycles. The van der Waals surface area contributed by atoms with Gasteiger partial charge < -0.3 is 10.4 Å². The number of pyridine rings is 2. The molecule has 0 aliphatic heterocycles. The van der Waals surface area contributed by atoms with E-state index in [0.29, 0.717) is 18.8 Å². The number of nitrogens with zero attached hydrogens (tertiary/aromatic N) is 2. The maximum Gasteiger partial charge on any atom is 0.263 e. The van der Waals surface area contributed by atoms with Crippen molar-refractivity contribution in [1.82, 2.24) is 15.3 Å². The summed E-state index contributed by atoms with van der Waals surface area (Å²) in [6.07, 6.45) is 4.84. The Morgan fingerprint density at radius 3 is 2.56 bits per heavy atom. The number of hydrogen-bond donors (Lipinski definition) is 3. The van der Waals surface area contributed by atoms with E-state index in [2.05, 4.69) is 20.0 Å². The fourth-order valence-corrected chi connectivity index (χ4v) is 4.35. The lowest BCUT2D eigenvalue weighted by Crippen LogP contribution is -2.23. The normalized spacial score (nSPS) is 12.5. The van der Waals surface area contributed by atoms with Crippen LogP contribution in [-0.4, -0.2) is 36.6 Å². The van der Waals surface area contributed by atoms with Gasteiger partial charge in [-0.25, -0.2) is 8.42 Å². The molecule has 8 heteroatoms. The predicted octanol–water partition coefficient (Wildman–Crippen LogP) is 3.30. The van der Waals surface area contributed by atoms with Crippen LogP contribution in [-0.2, 0) is 16.4 Å². The highest BCUT2D eigenvalue weighted by atomic mass is 32.2. The van der Waals surface area contributed by atoms with E-state index < -0.39 is 16.1 Å². The minimum absolute atomic E-state index is 0.122. The second kappa shape index (κ2) is 9.86. The number of aliphatic hydroxyl groups excluding tert-OH is 1. The van der Waals surface area contributed by atoms with Crippen LogP contribution in [0.4, 0.5) is 5.69 Å². The Kier molecular flexibility index (Phi) is 6.75. The Morgan fingerprint density at radius 1 is 0.969 bits per heavy atom. The molecule has 0 aliphatic carbocycles. The van der Waals surface area contributed by atoms with Gasteiger partial charge in [0.05, 0.1) is 11.6 Å². The van der Waals surface area contributed by atoms with Crippen molar-refractivity contribution in [2.75, 3.05) is 17.8 Å². The lowest BCUT2D eigenvalue weighted by atomic mass is 10.1. The number of para-hydroxylation sites is 1. The van der Waals surface area contributed by atoms with Crippen LogP contribution < -0.4 is 10.0 Å². The van der Waals surface area contributed by atoms with Crippen LogP contribution in [0.3, 0.4) is 0 Å². The minimum Gasteiger partial charge on any atom is -0.387 e. The zero-order valence-electron chi connectivity index (χ0n) is 17.3. The van der Waals surface area contributed by atoms with Crippen LogP contribution >= 0.6 is 0 Å². The van der Waals surface area contributed by atoms with Crippen molar-refractivity contribution < 1.29 is 13.5 Å². The highest BCUT2D eigenvalue weighted by Crippen LogP contribution is 2.20. The van der Waals surface area contributed by atoms with Crippen molar-refractivity contribution >= 4 is 26.6 Å². The Morgan fingerprint density at radius 2 is 1.78 bits per heavy atom. The van der Waals surface area contributed by atoms with Crippen molar-refractivity contribution in [3.05, 3.63) is 96.4 Å². The van der Waals surface area contributed by atoms with E-state index in [0.717, 1.165) is 28.5 Å². The zero-order valence-corrected chi connectivity index (χ0v) is 18.2. The van der Waals surface area contributed by atoms with Gasteiger partial charge in [-0.05, 0) is 48.9 Å². The summed E-state index contributed by atoms with van der Waals surface area (Å²) in [6, 6.07) is 19.9. The number of sulfonamides is 1. The Bertz CT molecular complexity index is 1280. The van der Waals surface area contributed by atoms with E-state index in [1.54, 1.807) is 36.7 Å². The first-order valence-electron chi connectivity index (χ1n) is 10.3. The standard InChI is InChI=1S/C24H24N4O3S/c29-24(20-5-3-12-25-15-20)17-26-13-11-18-7-9-21(10-8-18)28-32(30,31)22-14-19-4-1-2-6-23(19)27-16-22/h1-10,12,14-16,24,26,28-29H,11,13,17H2. The smallest absolute Gasteiger partial charge is 0.263 e. The molecule has 1 atom stereocenters. The Labute approximate surface area is 187 Å². The van der Waals surface area contributed by atoms with Gasteiger partial charge in [0.2, 0.25) is 0 Å². The van der Waals surface area contributed by atoms with Crippen LogP contribution in [0.25, 0.3) is 10.9 Å². The number of benzene rings is 2. The SMILES string of the molecule is O=S(=O)(Nc1ccc(CCNCC(O)c2cccnc2)cc1)c1cnc2ccccc2c1. The predicted molar refractivity (Wildman–Crippen MR) is 125 cm³/mol. The van der Waals surface area contributed by atoms with E-state index >= 15 is 0 Å². The second-order valence-electron chi connectivity index (χ2n) is 7.42. The molecule has 1 unspecified atom stereocenters. The van der Waals surface area contributed by atoms with Crippen LogP contribution in [0.5, 0.6) is 0 Å². The van der Waals surface area contributed by atoms with Gasteiger partial charge in [0.1, 0.15) is 4.90 Å². The molecule has 0 saturated carbocycles. The number of fused-ring (bicyclic) bond motifs is 1. The molecule has 0 amide bonds. The van der Waals surface area contributed by atoms with Crippen LogP contribution in [0.1, 0.15) is 17.2 Å². The zero-order chi connectivity index (χ0) is 22.4. The highest BCUT2D eigenvalue weighted by Gasteiger charge is 2.15. The summed E-state index contributed by atoms with van der Waals surface area (Å²) >= 11 is 0. The van der Waals surface area contributed by atoms with E-state index in [4.69, 9.17) is 0 Å². The van der Waals surface area contributed by atoms with Crippen molar-refractivity contribution in [2.24, 2.45) is 0 Å². The minimum atomic E-state index is -3.73. The molecule has 0 saturated heterocycles. The first-order valence-corrected chi connectivity index (χ1v) is 11.7. The average Bonchev–Trinajstić information content (AvgIpc) is 2.82. The molecular weight excluding hydrogens is 424 g/mol. The first-order chi connectivity index (χ1) is 15.5. The van der Waals surface area contributed by atoms with Gasteiger partial charge in [-0.15, -0.1) is 0 Å². The fourth-order valence-electron chi connectivity index (χ4n) is 3.31. The maximum absolute atomic E-state index is 12.7. The van der Waals surface area contributed by atoms with Gasteiger partial charge >= 0.3 is 0 Å². The van der Waals surface area contributed by atoms with Crippen molar-refractivity contribution in [3.63, 3.8) is 0 Å². The molecule has 2 heterocycles. The molecule has 0 spiro atoms. The highest BCUT2D eigenvalue weighted by molar-refractivity contribution is 7.92. The quantitative estimate of drug-likeness (QED) is 0.340. The molecule has 2 aromatic carbocycles. The fraction of sp³-hybridized carbons (Fsp3) is 0.167. The van der Waals surface area contributed by atoms with Crippen LogP contribution in [0, 0.1) is 0 Å². The summed E-state index contributed by atoms with van der Waals surface area (Å²) in [7, 11) is -3.73. The van der Waals surface area contributed by atoms with Crippen LogP contribution in [0.15, 0.2) is 90.2 Å². The number of nitrogens with one attached hydrogen (secondary N) is 2. The molecule has 4 rings (SSSR count). The van der Waals surface area contributed by atoms with Gasteiger partial charge in [-0.3, -0.25) is 14.7 Å². The van der Waals surface area contributed by atoms with Crippen molar-refractivity contribution in [3.8, 4) is 0 Å². The summed E-state index contributed by atoms with van der Waals surface area (Å²) in [4.78, 5) is 8.36. The van der Waals surface area contributed by atoms with Gasteiger partial charge in [0.25, 0.3) is 10.0 Å². The number of hydrogen-bond acceptors (Lipinski definition) is 6. The summed E-state index contributed by atoms with van der Waals surface area (Å²) in [5.41, 5.74) is 3.07. The first kappa shape index (κ1) is 21.9. The molecular formula is C24H24N4O3S. The van der Waals surface area contributed by atoms with Crippen LogP contribution in [0.2, 0.25) is 0 Å². The monoisotopic (exact) mass is 448 g/mol. The van der Waals surface area contributed by atoms with Gasteiger partial charge in [-0.1, -0.05) is 36.4 Å². The van der Waals surface area contributed by atoms with Gasteiger partial charge in [0, 0.05) is 41.8 Å². The number of aliphatic hydroxyl groups is 1. The summed E-state index contributed by atoms with van der Waals surface area (Å²) in [6.45, 7) is 1.12. The van der Waals surface area contributed by atoms with Gasteiger partial charge in [-0.2, -0.15) is 0 Å². The lowest BCUT2D eigenvalue weighted by molar-refractivity contribution is 0.174. The lowest BCUT2D eigenvalue weighted by Gasteiger charge is -2.12. The summed E-state index contributed by atoms with van der Waals surface area (Å²) < 4.78 is 28.1. The molecule has 0 aliphatic rings.